The predicted molar refractivity (Wildman–Crippen MR) is 79.5 cm³/mol. The summed E-state index contributed by atoms with van der Waals surface area (Å²) in [6, 6.07) is 17.1. The molecule has 0 radical (unpaired) electrons. The van der Waals surface area contributed by atoms with Crippen molar-refractivity contribution in [1.82, 2.24) is 0 Å². The number of halogens is 1. The van der Waals surface area contributed by atoms with E-state index in [1.165, 1.54) is 22.3 Å². The van der Waals surface area contributed by atoms with E-state index in [0.29, 0.717) is 11.8 Å². The summed E-state index contributed by atoms with van der Waals surface area (Å²) in [5, 5.41) is 0. The largest absolute Gasteiger partial charge is 0.126 e. The van der Waals surface area contributed by atoms with Gasteiger partial charge < -0.3 is 0 Å². The number of benzene rings is 2. The number of alkyl halides is 1. The molecule has 0 aliphatic heterocycles. The highest BCUT2D eigenvalue weighted by Crippen LogP contribution is 2.26. The fraction of sp³-hybridized carbons (Fsp3) is 0.294. The van der Waals surface area contributed by atoms with E-state index in [9.17, 15) is 0 Å². The van der Waals surface area contributed by atoms with Crippen LogP contribution in [0.5, 0.6) is 0 Å². The van der Waals surface area contributed by atoms with Crippen LogP contribution in [0.4, 0.5) is 0 Å². The van der Waals surface area contributed by atoms with E-state index in [2.05, 4.69) is 62.4 Å². The average molecular weight is 259 g/mol. The van der Waals surface area contributed by atoms with E-state index < -0.39 is 0 Å². The Hall–Kier alpha value is -1.27. The maximum Gasteiger partial charge on any atom is 0.0295 e. The van der Waals surface area contributed by atoms with Gasteiger partial charge in [0.25, 0.3) is 0 Å². The normalized spacial score (nSPS) is 12.4. The molecule has 94 valence electrons. The second-order valence-electron chi connectivity index (χ2n) is 4.84. The molecule has 0 fully saturated rings. The lowest BCUT2D eigenvalue weighted by atomic mass is 9.89. The first-order valence-electron chi connectivity index (χ1n) is 6.38. The molecule has 2 rings (SSSR count). The van der Waals surface area contributed by atoms with Gasteiger partial charge in [0.2, 0.25) is 0 Å². The zero-order chi connectivity index (χ0) is 13.0. The highest BCUT2D eigenvalue weighted by molar-refractivity contribution is 6.18. The van der Waals surface area contributed by atoms with Crippen molar-refractivity contribution >= 4 is 11.6 Å². The van der Waals surface area contributed by atoms with Gasteiger partial charge in [-0.15, -0.1) is 11.6 Å². The molecule has 0 bridgehead atoms. The lowest BCUT2D eigenvalue weighted by molar-refractivity contribution is 0.756. The van der Waals surface area contributed by atoms with Crippen LogP contribution >= 0.6 is 11.6 Å². The van der Waals surface area contributed by atoms with Gasteiger partial charge in [0, 0.05) is 11.8 Å². The Labute approximate surface area is 115 Å². The Morgan fingerprint density at radius 2 is 1.50 bits per heavy atom. The summed E-state index contributed by atoms with van der Waals surface area (Å²) < 4.78 is 0. The molecule has 18 heavy (non-hydrogen) atoms. The maximum absolute atomic E-state index is 6.18. The van der Waals surface area contributed by atoms with Crippen LogP contribution in [-0.4, -0.2) is 5.88 Å². The molecule has 1 unspecified atom stereocenters. The SMILES string of the molecule is Cc1ccccc1CC(CCl)c1ccccc1C. The third kappa shape index (κ3) is 2.94. The van der Waals surface area contributed by atoms with Gasteiger partial charge in [-0.2, -0.15) is 0 Å². The lowest BCUT2D eigenvalue weighted by Crippen LogP contribution is -2.07. The Morgan fingerprint density at radius 3 is 2.11 bits per heavy atom. The molecule has 0 amide bonds. The van der Waals surface area contributed by atoms with Crippen LogP contribution in [0, 0.1) is 13.8 Å². The lowest BCUT2D eigenvalue weighted by Gasteiger charge is -2.18. The highest BCUT2D eigenvalue weighted by atomic mass is 35.5. The van der Waals surface area contributed by atoms with Crippen molar-refractivity contribution in [2.75, 3.05) is 5.88 Å². The first kappa shape index (κ1) is 13.2. The van der Waals surface area contributed by atoms with E-state index in [1.54, 1.807) is 0 Å². The first-order chi connectivity index (χ1) is 8.72. The average Bonchev–Trinajstić information content (AvgIpc) is 2.39. The molecule has 2 aromatic carbocycles. The summed E-state index contributed by atoms with van der Waals surface area (Å²) in [5.41, 5.74) is 5.44. The van der Waals surface area contributed by atoms with Gasteiger partial charge in [-0.05, 0) is 42.5 Å². The van der Waals surface area contributed by atoms with E-state index in [1.807, 2.05) is 0 Å². The van der Waals surface area contributed by atoms with E-state index >= 15 is 0 Å². The van der Waals surface area contributed by atoms with Crippen molar-refractivity contribution in [2.24, 2.45) is 0 Å². The van der Waals surface area contributed by atoms with Gasteiger partial charge in [-0.1, -0.05) is 48.5 Å². The molecule has 0 spiro atoms. The minimum Gasteiger partial charge on any atom is -0.126 e. The van der Waals surface area contributed by atoms with Crippen molar-refractivity contribution in [2.45, 2.75) is 26.2 Å². The highest BCUT2D eigenvalue weighted by Gasteiger charge is 2.14. The molecule has 0 heterocycles. The molecule has 0 nitrogen and oxygen atoms in total. The topological polar surface area (TPSA) is 0 Å². The Morgan fingerprint density at radius 1 is 0.889 bits per heavy atom. The van der Waals surface area contributed by atoms with Crippen LogP contribution in [0.1, 0.15) is 28.2 Å². The van der Waals surface area contributed by atoms with Crippen LogP contribution < -0.4 is 0 Å². The van der Waals surface area contributed by atoms with Crippen LogP contribution in [0.2, 0.25) is 0 Å². The predicted octanol–water partition coefficient (Wildman–Crippen LogP) is 4.87. The minimum atomic E-state index is 0.397. The fourth-order valence-electron chi connectivity index (χ4n) is 2.40. The summed E-state index contributed by atoms with van der Waals surface area (Å²) in [6.45, 7) is 4.32. The van der Waals surface area contributed by atoms with Gasteiger partial charge in [0.15, 0.2) is 0 Å². The number of rotatable bonds is 4. The van der Waals surface area contributed by atoms with Crippen LogP contribution in [0.25, 0.3) is 0 Å². The standard InChI is InChI=1S/C17H19Cl/c1-13-7-3-5-9-15(13)11-16(12-18)17-10-6-4-8-14(17)2/h3-10,16H,11-12H2,1-2H3. The minimum absolute atomic E-state index is 0.397. The summed E-state index contributed by atoms with van der Waals surface area (Å²) in [4.78, 5) is 0. The van der Waals surface area contributed by atoms with Gasteiger partial charge in [-0.25, -0.2) is 0 Å². The Kier molecular flexibility index (Phi) is 4.43. The molecule has 0 aliphatic rings. The summed E-state index contributed by atoms with van der Waals surface area (Å²) in [5.74, 6) is 1.06. The maximum atomic E-state index is 6.18. The molecule has 0 aliphatic carbocycles. The Bertz CT molecular complexity index is 517. The van der Waals surface area contributed by atoms with Gasteiger partial charge >= 0.3 is 0 Å². The number of hydrogen-bond donors (Lipinski definition) is 0. The van der Waals surface area contributed by atoms with E-state index in [0.717, 1.165) is 6.42 Å². The van der Waals surface area contributed by atoms with Crippen molar-refractivity contribution in [3.05, 3.63) is 70.8 Å². The van der Waals surface area contributed by atoms with Gasteiger partial charge in [0.1, 0.15) is 0 Å². The zero-order valence-corrected chi connectivity index (χ0v) is 11.7. The van der Waals surface area contributed by atoms with Crippen LogP contribution in [0.3, 0.4) is 0 Å². The van der Waals surface area contributed by atoms with Gasteiger partial charge in [0.05, 0.1) is 0 Å². The van der Waals surface area contributed by atoms with E-state index in [4.69, 9.17) is 11.6 Å². The first-order valence-corrected chi connectivity index (χ1v) is 6.92. The monoisotopic (exact) mass is 258 g/mol. The molecular formula is C17H19Cl. The van der Waals surface area contributed by atoms with Crippen molar-refractivity contribution in [1.29, 1.82) is 0 Å². The summed E-state index contributed by atoms with van der Waals surface area (Å²) in [7, 11) is 0. The smallest absolute Gasteiger partial charge is 0.0295 e. The third-order valence-corrected chi connectivity index (χ3v) is 3.91. The second kappa shape index (κ2) is 6.06. The molecule has 0 saturated heterocycles. The molecular weight excluding hydrogens is 240 g/mol. The van der Waals surface area contributed by atoms with Crippen molar-refractivity contribution < 1.29 is 0 Å². The van der Waals surface area contributed by atoms with Crippen LogP contribution in [-0.2, 0) is 6.42 Å². The van der Waals surface area contributed by atoms with Crippen LogP contribution in [0.15, 0.2) is 48.5 Å². The fourth-order valence-corrected chi connectivity index (χ4v) is 2.67. The molecule has 1 atom stereocenters. The third-order valence-electron chi connectivity index (χ3n) is 3.54. The molecule has 0 saturated carbocycles. The number of aryl methyl sites for hydroxylation is 2. The molecule has 0 aromatic heterocycles. The van der Waals surface area contributed by atoms with Crippen molar-refractivity contribution in [3.63, 3.8) is 0 Å². The van der Waals surface area contributed by atoms with Gasteiger partial charge in [-0.3, -0.25) is 0 Å². The van der Waals surface area contributed by atoms with E-state index in [-0.39, 0.29) is 0 Å². The summed E-state index contributed by atoms with van der Waals surface area (Å²) in [6.07, 6.45) is 1.01. The Balaban J connectivity index is 2.26. The molecule has 1 heteroatoms. The molecule has 0 N–H and O–H groups in total. The summed E-state index contributed by atoms with van der Waals surface area (Å²) >= 11 is 6.18. The van der Waals surface area contributed by atoms with Crippen molar-refractivity contribution in [3.8, 4) is 0 Å². The number of hydrogen-bond acceptors (Lipinski definition) is 0. The zero-order valence-electron chi connectivity index (χ0n) is 11.0. The second-order valence-corrected chi connectivity index (χ2v) is 5.15. The quantitative estimate of drug-likeness (QED) is 0.687. The molecule has 2 aromatic rings.